The number of aromatic nitrogens is 7. The molecule has 5 aromatic heterocycles. The molecule has 1 aromatic carbocycles. The third kappa shape index (κ3) is 4.73. The Labute approximate surface area is 230 Å². The molecule has 7 rings (SSSR count). The third-order valence-electron chi connectivity index (χ3n) is 7.35. The van der Waals surface area contributed by atoms with Crippen LogP contribution in [0.4, 0.5) is 11.5 Å². The van der Waals surface area contributed by atoms with Gasteiger partial charge in [0, 0.05) is 42.9 Å². The number of nitrogens with zero attached hydrogens (tertiary/aromatic N) is 6. The van der Waals surface area contributed by atoms with E-state index in [1.807, 2.05) is 54.7 Å². The van der Waals surface area contributed by atoms with E-state index in [9.17, 15) is 5.11 Å². The molecule has 0 bridgehead atoms. The van der Waals surface area contributed by atoms with Crippen LogP contribution in [-0.4, -0.2) is 59.5 Å². The summed E-state index contributed by atoms with van der Waals surface area (Å²) in [6.07, 6.45) is 10.4. The largest absolute Gasteiger partial charge is 0.373 e. The second kappa shape index (κ2) is 10.4. The van der Waals surface area contributed by atoms with Crippen molar-refractivity contribution < 1.29 is 5.11 Å². The van der Waals surface area contributed by atoms with Crippen LogP contribution < -0.4 is 10.2 Å². The van der Waals surface area contributed by atoms with Gasteiger partial charge in [0.2, 0.25) is 0 Å². The SMILES string of the molecule is OC(Cc1ccccc1)Nc1cncc(-c2cc3c(-c4nc5c(N6CCCCC6)nccc5[nH]4)n[nH]c3cn2)c1. The molecule has 6 aromatic rings. The topological polar surface area (TPSA) is 132 Å². The summed E-state index contributed by atoms with van der Waals surface area (Å²) in [4.78, 5) is 24.4. The molecule has 200 valence electrons. The van der Waals surface area contributed by atoms with Crippen molar-refractivity contribution in [3.8, 4) is 22.8 Å². The molecule has 10 nitrogen and oxygen atoms in total. The van der Waals surface area contributed by atoms with Crippen LogP contribution in [0.2, 0.25) is 0 Å². The number of pyridine rings is 3. The molecule has 0 saturated carbocycles. The molecule has 0 spiro atoms. The molecule has 6 heterocycles. The average molecular weight is 532 g/mol. The highest BCUT2D eigenvalue weighted by atomic mass is 16.3. The Balaban J connectivity index is 1.18. The van der Waals surface area contributed by atoms with E-state index in [1.165, 1.54) is 19.3 Å². The maximum atomic E-state index is 10.6. The quantitative estimate of drug-likeness (QED) is 0.214. The van der Waals surface area contributed by atoms with Crippen molar-refractivity contribution in [2.24, 2.45) is 0 Å². The Morgan fingerprint density at radius 1 is 0.950 bits per heavy atom. The van der Waals surface area contributed by atoms with Crippen molar-refractivity contribution in [1.82, 2.24) is 35.1 Å². The number of hydrogen-bond donors (Lipinski definition) is 4. The molecule has 0 radical (unpaired) electrons. The van der Waals surface area contributed by atoms with Crippen molar-refractivity contribution >= 4 is 33.4 Å². The molecule has 40 heavy (non-hydrogen) atoms. The van der Waals surface area contributed by atoms with Gasteiger partial charge in [-0.3, -0.25) is 15.1 Å². The maximum absolute atomic E-state index is 10.6. The lowest BCUT2D eigenvalue weighted by Gasteiger charge is -2.27. The molecule has 1 atom stereocenters. The van der Waals surface area contributed by atoms with Crippen LogP contribution in [0.15, 0.2) is 73.3 Å². The zero-order chi connectivity index (χ0) is 26.9. The Morgan fingerprint density at radius 3 is 2.70 bits per heavy atom. The zero-order valence-corrected chi connectivity index (χ0v) is 21.9. The summed E-state index contributed by atoms with van der Waals surface area (Å²) in [5, 5.41) is 22.3. The van der Waals surface area contributed by atoms with Crippen LogP contribution in [0, 0.1) is 0 Å². The number of anilines is 2. The number of aliphatic hydroxyl groups excluding tert-OH is 1. The molecule has 10 heteroatoms. The first-order valence-electron chi connectivity index (χ1n) is 13.6. The lowest BCUT2D eigenvalue weighted by atomic mass is 10.1. The Bertz CT molecular complexity index is 1770. The van der Waals surface area contributed by atoms with Crippen molar-refractivity contribution in [3.63, 3.8) is 0 Å². The van der Waals surface area contributed by atoms with Gasteiger partial charge < -0.3 is 20.3 Å². The molecule has 4 N–H and O–H groups in total. The summed E-state index contributed by atoms with van der Waals surface area (Å²) in [6, 6.07) is 15.8. The predicted molar refractivity (Wildman–Crippen MR) is 156 cm³/mol. The smallest absolute Gasteiger partial charge is 0.159 e. The van der Waals surface area contributed by atoms with Gasteiger partial charge in [0.15, 0.2) is 11.6 Å². The minimum Gasteiger partial charge on any atom is -0.373 e. The number of rotatable bonds is 7. The van der Waals surface area contributed by atoms with E-state index in [2.05, 4.69) is 40.3 Å². The average Bonchev–Trinajstić information content (AvgIpc) is 3.62. The number of H-pyrrole nitrogens is 2. The molecular weight excluding hydrogens is 502 g/mol. The van der Waals surface area contributed by atoms with E-state index in [-0.39, 0.29) is 0 Å². The summed E-state index contributed by atoms with van der Waals surface area (Å²) in [7, 11) is 0. The summed E-state index contributed by atoms with van der Waals surface area (Å²) < 4.78 is 0. The third-order valence-corrected chi connectivity index (χ3v) is 7.35. The fourth-order valence-electron chi connectivity index (χ4n) is 5.37. The van der Waals surface area contributed by atoms with Gasteiger partial charge in [-0.15, -0.1) is 0 Å². The lowest BCUT2D eigenvalue weighted by molar-refractivity contribution is 0.204. The van der Waals surface area contributed by atoms with Gasteiger partial charge >= 0.3 is 0 Å². The summed E-state index contributed by atoms with van der Waals surface area (Å²) >= 11 is 0. The monoisotopic (exact) mass is 531 g/mol. The van der Waals surface area contributed by atoms with Crippen LogP contribution >= 0.6 is 0 Å². The van der Waals surface area contributed by atoms with Gasteiger partial charge in [0.25, 0.3) is 0 Å². The summed E-state index contributed by atoms with van der Waals surface area (Å²) in [6.45, 7) is 2.00. The first-order valence-corrected chi connectivity index (χ1v) is 13.6. The Kier molecular flexibility index (Phi) is 6.29. The first kappa shape index (κ1) is 24.2. The fraction of sp³-hybridized carbons (Fsp3) is 0.233. The van der Waals surface area contributed by atoms with Crippen LogP contribution in [0.1, 0.15) is 24.8 Å². The highest BCUT2D eigenvalue weighted by Gasteiger charge is 2.20. The molecule has 1 unspecified atom stereocenters. The molecule has 1 aliphatic heterocycles. The number of hydrogen-bond acceptors (Lipinski definition) is 8. The molecule has 1 fully saturated rings. The number of piperidine rings is 1. The standard InChI is InChI=1S/C30H29N9O/c40-26(13-19-7-3-1-4-8-19)34-21-14-20(16-31-17-21)24-15-22-25(18-33-24)37-38-27(22)29-35-23-9-10-32-30(28(23)36-29)39-11-5-2-6-12-39/h1,3-4,7-10,14-18,26,34,40H,2,5-6,11-13H2,(H,35,36)(H,37,38). The van der Waals surface area contributed by atoms with Crippen LogP contribution in [0.5, 0.6) is 0 Å². The van der Waals surface area contributed by atoms with Crippen molar-refractivity contribution in [2.45, 2.75) is 31.9 Å². The van der Waals surface area contributed by atoms with Crippen molar-refractivity contribution in [2.75, 3.05) is 23.3 Å². The van der Waals surface area contributed by atoms with Crippen LogP contribution in [-0.2, 0) is 6.42 Å². The first-order chi connectivity index (χ1) is 19.7. The molecule has 0 aliphatic carbocycles. The van der Waals surface area contributed by atoms with Crippen LogP contribution in [0.25, 0.3) is 44.7 Å². The van der Waals surface area contributed by atoms with Gasteiger partial charge in [0.05, 0.1) is 34.8 Å². The predicted octanol–water partition coefficient (Wildman–Crippen LogP) is 4.92. The summed E-state index contributed by atoms with van der Waals surface area (Å²) in [5.74, 6) is 1.61. The number of aromatic amines is 2. The summed E-state index contributed by atoms with van der Waals surface area (Å²) in [5.41, 5.74) is 6.67. The second-order valence-corrected chi connectivity index (χ2v) is 10.2. The number of fused-ring (bicyclic) bond motifs is 2. The zero-order valence-electron chi connectivity index (χ0n) is 21.9. The number of imidazole rings is 1. The fourth-order valence-corrected chi connectivity index (χ4v) is 5.37. The van der Waals surface area contributed by atoms with Gasteiger partial charge in [-0.05, 0) is 43.0 Å². The van der Waals surface area contributed by atoms with Crippen molar-refractivity contribution in [3.05, 3.63) is 78.9 Å². The Hall–Kier alpha value is -4.83. The van der Waals surface area contributed by atoms with E-state index in [1.54, 1.807) is 18.6 Å². The lowest BCUT2D eigenvalue weighted by Crippen LogP contribution is -2.30. The normalized spacial score (nSPS) is 14.6. The van der Waals surface area contributed by atoms with E-state index >= 15 is 0 Å². The van der Waals surface area contributed by atoms with Crippen LogP contribution in [0.3, 0.4) is 0 Å². The number of nitrogens with one attached hydrogen (secondary N) is 3. The molecule has 0 amide bonds. The highest BCUT2D eigenvalue weighted by molar-refractivity contribution is 5.96. The Morgan fingerprint density at radius 2 is 1.82 bits per heavy atom. The van der Waals surface area contributed by atoms with E-state index in [0.717, 1.165) is 63.4 Å². The van der Waals surface area contributed by atoms with E-state index in [4.69, 9.17) is 4.98 Å². The maximum Gasteiger partial charge on any atom is 0.159 e. The molecular formula is C30H29N9O. The second-order valence-electron chi connectivity index (χ2n) is 10.2. The van der Waals surface area contributed by atoms with Gasteiger partial charge in [0.1, 0.15) is 17.4 Å². The number of benzene rings is 1. The van der Waals surface area contributed by atoms with E-state index < -0.39 is 6.23 Å². The molecule has 1 aliphatic rings. The highest BCUT2D eigenvalue weighted by Crippen LogP contribution is 2.32. The van der Waals surface area contributed by atoms with Crippen molar-refractivity contribution in [1.29, 1.82) is 0 Å². The minimum absolute atomic E-state index is 0.486. The van der Waals surface area contributed by atoms with Gasteiger partial charge in [-0.2, -0.15) is 5.10 Å². The van der Waals surface area contributed by atoms with E-state index in [0.29, 0.717) is 17.9 Å². The molecule has 1 saturated heterocycles. The van der Waals surface area contributed by atoms with Gasteiger partial charge in [-0.1, -0.05) is 30.3 Å². The number of aliphatic hydroxyl groups is 1. The van der Waals surface area contributed by atoms with Gasteiger partial charge in [-0.25, -0.2) is 9.97 Å². The minimum atomic E-state index is -0.743.